The number of benzene rings is 2. The van der Waals surface area contributed by atoms with Crippen molar-refractivity contribution in [1.82, 2.24) is 5.32 Å². The van der Waals surface area contributed by atoms with Crippen LogP contribution in [0.5, 0.6) is 5.75 Å². The summed E-state index contributed by atoms with van der Waals surface area (Å²) in [7, 11) is 1.45. The Morgan fingerprint density at radius 1 is 1.16 bits per heavy atom. The summed E-state index contributed by atoms with van der Waals surface area (Å²) in [5.74, 6) is -1.25. The summed E-state index contributed by atoms with van der Waals surface area (Å²) in [6, 6.07) is 13.8. The summed E-state index contributed by atoms with van der Waals surface area (Å²) in [5.41, 5.74) is 1.06. The molecule has 2 aromatic carbocycles. The van der Waals surface area contributed by atoms with Gasteiger partial charge in [0.15, 0.2) is 0 Å². The molecule has 3 N–H and O–H groups in total. The minimum Gasteiger partial charge on any atom is -0.495 e. The van der Waals surface area contributed by atoms with Crippen LogP contribution in [0.15, 0.2) is 48.5 Å². The van der Waals surface area contributed by atoms with Gasteiger partial charge in [0.1, 0.15) is 5.75 Å². The average molecular weight is 363 g/mol. The third kappa shape index (κ3) is 5.48. The molecule has 0 bridgehead atoms. The quantitative estimate of drug-likeness (QED) is 0.689. The molecule has 0 saturated heterocycles. The molecule has 0 unspecified atom stereocenters. The molecule has 0 saturated carbocycles. The van der Waals surface area contributed by atoms with Crippen LogP contribution in [0.2, 0.25) is 5.02 Å². The Balaban J connectivity index is 1.85. The molecule has 2 aromatic rings. The van der Waals surface area contributed by atoms with Gasteiger partial charge >= 0.3 is 11.8 Å². The van der Waals surface area contributed by atoms with E-state index in [1.165, 1.54) is 13.2 Å². The molecule has 0 fully saturated rings. The largest absolute Gasteiger partial charge is 0.495 e. The lowest BCUT2D eigenvalue weighted by Gasteiger charge is -2.12. The summed E-state index contributed by atoms with van der Waals surface area (Å²) in [6.45, 7) is 0.162. The van der Waals surface area contributed by atoms with E-state index in [9.17, 15) is 14.7 Å². The topological polar surface area (TPSA) is 87.7 Å². The number of carbonyl (C=O) groups is 2. The Hall–Kier alpha value is -2.57. The number of amides is 2. The number of aliphatic hydroxyl groups excluding tert-OH is 1. The number of nitrogens with one attached hydrogen (secondary N) is 2. The van der Waals surface area contributed by atoms with Gasteiger partial charge in [-0.05, 0) is 30.2 Å². The van der Waals surface area contributed by atoms with Crippen molar-refractivity contribution < 1.29 is 19.4 Å². The molecule has 0 aliphatic carbocycles. The molecule has 7 heteroatoms. The van der Waals surface area contributed by atoms with E-state index in [1.807, 2.05) is 18.2 Å². The Morgan fingerprint density at radius 2 is 1.88 bits per heavy atom. The lowest BCUT2D eigenvalue weighted by atomic mass is 10.1. The third-order valence-corrected chi connectivity index (χ3v) is 3.74. The fraction of sp³-hybridized carbons (Fsp3) is 0.222. The fourth-order valence-corrected chi connectivity index (χ4v) is 2.37. The highest BCUT2D eigenvalue weighted by Gasteiger charge is 2.16. The molecule has 0 aromatic heterocycles. The van der Waals surface area contributed by atoms with Gasteiger partial charge in [-0.15, -0.1) is 0 Å². The molecule has 0 heterocycles. The lowest BCUT2D eigenvalue weighted by Crippen LogP contribution is -2.36. The summed E-state index contributed by atoms with van der Waals surface area (Å²) >= 11 is 5.88. The number of halogens is 1. The maximum absolute atomic E-state index is 12.0. The van der Waals surface area contributed by atoms with E-state index in [-0.39, 0.29) is 6.54 Å². The van der Waals surface area contributed by atoms with Gasteiger partial charge in [-0.2, -0.15) is 0 Å². The molecule has 0 aliphatic rings. The van der Waals surface area contributed by atoms with Crippen LogP contribution in [0.4, 0.5) is 5.69 Å². The van der Waals surface area contributed by atoms with Crippen LogP contribution < -0.4 is 15.4 Å². The van der Waals surface area contributed by atoms with Crippen LogP contribution in [0, 0.1) is 0 Å². The molecule has 0 radical (unpaired) electrons. The zero-order valence-corrected chi connectivity index (χ0v) is 14.4. The van der Waals surface area contributed by atoms with Crippen molar-refractivity contribution in [2.24, 2.45) is 0 Å². The van der Waals surface area contributed by atoms with Gasteiger partial charge in [0.2, 0.25) is 0 Å². The Kier molecular flexibility index (Phi) is 6.80. The maximum atomic E-state index is 12.0. The molecule has 2 amide bonds. The Morgan fingerprint density at radius 3 is 2.56 bits per heavy atom. The minimum absolute atomic E-state index is 0.162. The highest BCUT2D eigenvalue weighted by atomic mass is 35.5. The molecule has 0 spiro atoms. The van der Waals surface area contributed by atoms with Crippen LogP contribution >= 0.6 is 11.6 Å². The van der Waals surface area contributed by atoms with Gasteiger partial charge < -0.3 is 20.5 Å². The molecular weight excluding hydrogens is 344 g/mol. The highest BCUT2D eigenvalue weighted by Crippen LogP contribution is 2.27. The number of hydrogen-bond acceptors (Lipinski definition) is 4. The second-order valence-corrected chi connectivity index (χ2v) is 5.71. The van der Waals surface area contributed by atoms with Crippen LogP contribution in [0.1, 0.15) is 18.1 Å². The van der Waals surface area contributed by atoms with Gasteiger partial charge in [0, 0.05) is 11.6 Å². The van der Waals surface area contributed by atoms with E-state index >= 15 is 0 Å². The van der Waals surface area contributed by atoms with Crippen molar-refractivity contribution in [3.05, 3.63) is 59.1 Å². The number of ether oxygens (including phenoxy) is 1. The molecule has 2 rings (SSSR count). The Bertz CT molecular complexity index is 737. The molecule has 25 heavy (non-hydrogen) atoms. The van der Waals surface area contributed by atoms with Gasteiger partial charge in [-0.1, -0.05) is 41.9 Å². The number of carbonyl (C=O) groups excluding carboxylic acids is 2. The van der Waals surface area contributed by atoms with Gasteiger partial charge in [0.05, 0.1) is 18.9 Å². The molecule has 132 valence electrons. The monoisotopic (exact) mass is 362 g/mol. The minimum atomic E-state index is -0.838. The average Bonchev–Trinajstić information content (AvgIpc) is 2.62. The number of methoxy groups -OCH3 is 1. The first kappa shape index (κ1) is 18.8. The van der Waals surface area contributed by atoms with Gasteiger partial charge in [-0.3, -0.25) is 9.59 Å². The van der Waals surface area contributed by atoms with Gasteiger partial charge in [-0.25, -0.2) is 0 Å². The maximum Gasteiger partial charge on any atom is 0.313 e. The second kappa shape index (κ2) is 9.05. The van der Waals surface area contributed by atoms with Gasteiger partial charge in [0.25, 0.3) is 0 Å². The summed E-state index contributed by atoms with van der Waals surface area (Å²) in [4.78, 5) is 23.8. The smallest absolute Gasteiger partial charge is 0.313 e. The van der Waals surface area contributed by atoms with Crippen molar-refractivity contribution in [3.63, 3.8) is 0 Å². The molecule has 1 atom stereocenters. The highest BCUT2D eigenvalue weighted by molar-refractivity contribution is 6.40. The van der Waals surface area contributed by atoms with Crippen LogP contribution in [-0.2, 0) is 9.59 Å². The van der Waals surface area contributed by atoms with E-state index in [0.717, 1.165) is 5.56 Å². The summed E-state index contributed by atoms with van der Waals surface area (Å²) < 4.78 is 5.10. The number of anilines is 1. The van der Waals surface area contributed by atoms with Crippen LogP contribution in [0.3, 0.4) is 0 Å². The normalized spacial score (nSPS) is 11.5. The van der Waals surface area contributed by atoms with Crippen LogP contribution in [-0.4, -0.2) is 30.6 Å². The van der Waals surface area contributed by atoms with Crippen molar-refractivity contribution in [3.8, 4) is 5.75 Å². The molecule has 6 nitrogen and oxygen atoms in total. The SMILES string of the molecule is COc1ccc(Cl)cc1NC(=O)C(=O)NCC[C@H](O)c1ccccc1. The van der Waals surface area contributed by atoms with E-state index in [4.69, 9.17) is 16.3 Å². The first-order valence-corrected chi connectivity index (χ1v) is 8.04. The van der Waals surface area contributed by atoms with Crippen LogP contribution in [0.25, 0.3) is 0 Å². The predicted molar refractivity (Wildman–Crippen MR) is 95.7 cm³/mol. The first-order chi connectivity index (χ1) is 12.0. The van der Waals surface area contributed by atoms with Crippen molar-refractivity contribution >= 4 is 29.1 Å². The van der Waals surface area contributed by atoms with E-state index < -0.39 is 17.9 Å². The van der Waals surface area contributed by atoms with Crippen molar-refractivity contribution in [2.45, 2.75) is 12.5 Å². The standard InChI is InChI=1S/C18H19ClN2O4/c1-25-16-8-7-13(19)11-14(16)21-18(24)17(23)20-10-9-15(22)12-5-3-2-4-6-12/h2-8,11,15,22H,9-10H2,1H3,(H,20,23)(H,21,24)/t15-/m0/s1. The number of rotatable bonds is 6. The lowest BCUT2D eigenvalue weighted by molar-refractivity contribution is -0.136. The molecule has 0 aliphatic heterocycles. The number of aliphatic hydroxyl groups is 1. The second-order valence-electron chi connectivity index (χ2n) is 5.27. The van der Waals surface area contributed by atoms with E-state index in [2.05, 4.69) is 10.6 Å². The Labute approximate surface area is 150 Å². The predicted octanol–water partition coefficient (Wildman–Crippen LogP) is 2.53. The molecular formula is C18H19ClN2O4. The third-order valence-electron chi connectivity index (χ3n) is 3.50. The van der Waals surface area contributed by atoms with Crippen molar-refractivity contribution in [1.29, 1.82) is 0 Å². The van der Waals surface area contributed by atoms with Crippen molar-refractivity contribution in [2.75, 3.05) is 19.0 Å². The zero-order valence-electron chi connectivity index (χ0n) is 13.7. The summed E-state index contributed by atoms with van der Waals surface area (Å²) in [5, 5.41) is 15.3. The fourth-order valence-electron chi connectivity index (χ4n) is 2.20. The van der Waals surface area contributed by atoms with E-state index in [1.54, 1.807) is 24.3 Å². The number of hydrogen-bond donors (Lipinski definition) is 3. The zero-order chi connectivity index (χ0) is 18.2. The first-order valence-electron chi connectivity index (χ1n) is 7.67. The van der Waals surface area contributed by atoms with E-state index in [0.29, 0.717) is 22.9 Å². The summed E-state index contributed by atoms with van der Waals surface area (Å²) in [6.07, 6.45) is -0.415.